The first kappa shape index (κ1) is 19.3. The van der Waals surface area contributed by atoms with E-state index in [9.17, 15) is 13.2 Å². The lowest BCUT2D eigenvalue weighted by Crippen LogP contribution is -2.45. The third-order valence-corrected chi connectivity index (χ3v) is 7.29. The molecule has 144 valence electrons. The van der Waals surface area contributed by atoms with E-state index in [0.29, 0.717) is 43.2 Å². The number of sulfonamides is 1. The van der Waals surface area contributed by atoms with Crippen molar-refractivity contribution in [3.05, 3.63) is 34.8 Å². The maximum Gasteiger partial charge on any atom is 0.242 e. The van der Waals surface area contributed by atoms with Gasteiger partial charge in [-0.3, -0.25) is 4.79 Å². The van der Waals surface area contributed by atoms with Crippen LogP contribution in [0.25, 0.3) is 0 Å². The summed E-state index contributed by atoms with van der Waals surface area (Å²) in [5, 5.41) is 11.6. The second-order valence-corrected chi connectivity index (χ2v) is 9.17. The molecular formula is C19H28N2O4S. The van der Waals surface area contributed by atoms with E-state index in [0.717, 1.165) is 24.8 Å². The van der Waals surface area contributed by atoms with Gasteiger partial charge in [0.25, 0.3) is 0 Å². The molecule has 6 nitrogen and oxygen atoms in total. The first-order valence-electron chi connectivity index (χ1n) is 9.49. The number of hydrogen-bond acceptors (Lipinski definition) is 4. The third kappa shape index (κ3) is 4.27. The van der Waals surface area contributed by atoms with E-state index in [2.05, 4.69) is 11.4 Å². The Bertz CT molecular complexity index is 724. The minimum Gasteiger partial charge on any atom is -0.396 e. The molecule has 0 saturated carbocycles. The SMILES string of the molecule is O=C(NCCCO)C1CCCN(S(=O)(=O)C2=CCC3CCC=CC3=C2)C1. The number of fused-ring (bicyclic) bond motifs is 1. The molecule has 2 unspecified atom stereocenters. The van der Waals surface area contributed by atoms with E-state index in [1.807, 2.05) is 18.2 Å². The number of nitrogens with zero attached hydrogens (tertiary/aromatic N) is 1. The quantitative estimate of drug-likeness (QED) is 0.687. The van der Waals surface area contributed by atoms with Crippen LogP contribution in [0.2, 0.25) is 0 Å². The number of aliphatic hydroxyl groups excluding tert-OH is 1. The smallest absolute Gasteiger partial charge is 0.242 e. The van der Waals surface area contributed by atoms with Gasteiger partial charge >= 0.3 is 0 Å². The minimum atomic E-state index is -3.56. The van der Waals surface area contributed by atoms with Crippen LogP contribution in [0.1, 0.15) is 38.5 Å². The number of carbonyl (C=O) groups is 1. The van der Waals surface area contributed by atoms with E-state index in [1.54, 1.807) is 0 Å². The normalized spacial score (nSPS) is 26.7. The van der Waals surface area contributed by atoms with Crippen molar-refractivity contribution in [3.8, 4) is 0 Å². The zero-order valence-corrected chi connectivity index (χ0v) is 15.9. The van der Waals surface area contributed by atoms with Crippen LogP contribution in [-0.2, 0) is 14.8 Å². The van der Waals surface area contributed by atoms with Gasteiger partial charge in [-0.25, -0.2) is 8.42 Å². The number of hydrogen-bond donors (Lipinski definition) is 2. The van der Waals surface area contributed by atoms with Gasteiger partial charge in [-0.1, -0.05) is 18.2 Å². The number of amides is 1. The summed E-state index contributed by atoms with van der Waals surface area (Å²) >= 11 is 0. The van der Waals surface area contributed by atoms with Crippen LogP contribution in [0.5, 0.6) is 0 Å². The molecule has 0 aromatic carbocycles. The molecule has 3 rings (SSSR count). The molecular weight excluding hydrogens is 352 g/mol. The van der Waals surface area contributed by atoms with E-state index < -0.39 is 10.0 Å². The number of piperidine rings is 1. The predicted molar refractivity (Wildman–Crippen MR) is 101 cm³/mol. The maximum atomic E-state index is 13.1. The van der Waals surface area contributed by atoms with E-state index >= 15 is 0 Å². The van der Waals surface area contributed by atoms with Gasteiger partial charge in [0.1, 0.15) is 0 Å². The van der Waals surface area contributed by atoms with Gasteiger partial charge in [-0.05, 0) is 56.1 Å². The zero-order valence-electron chi connectivity index (χ0n) is 15.1. The fraction of sp³-hybridized carbons (Fsp3) is 0.632. The van der Waals surface area contributed by atoms with Crippen molar-refractivity contribution in [3.63, 3.8) is 0 Å². The molecule has 1 fully saturated rings. The minimum absolute atomic E-state index is 0.0315. The Morgan fingerprint density at radius 3 is 3.00 bits per heavy atom. The molecule has 2 N–H and O–H groups in total. The topological polar surface area (TPSA) is 86.7 Å². The summed E-state index contributed by atoms with van der Waals surface area (Å²) in [6.45, 7) is 1.14. The summed E-state index contributed by atoms with van der Waals surface area (Å²) in [4.78, 5) is 12.6. The number of allylic oxidation sites excluding steroid dienone is 5. The van der Waals surface area contributed by atoms with Gasteiger partial charge in [0.15, 0.2) is 0 Å². The maximum absolute atomic E-state index is 13.1. The highest BCUT2D eigenvalue weighted by Crippen LogP contribution is 2.35. The van der Waals surface area contributed by atoms with Crippen LogP contribution < -0.4 is 5.32 Å². The Hall–Kier alpha value is -1.44. The average Bonchev–Trinajstić information content (AvgIpc) is 2.67. The summed E-state index contributed by atoms with van der Waals surface area (Å²) in [6, 6.07) is 0. The Balaban J connectivity index is 1.68. The Kier molecular flexibility index (Phi) is 6.32. The molecule has 3 aliphatic rings. The molecule has 0 spiro atoms. The Morgan fingerprint density at radius 2 is 2.19 bits per heavy atom. The van der Waals surface area contributed by atoms with Crippen molar-refractivity contribution in [2.24, 2.45) is 11.8 Å². The fourth-order valence-corrected chi connectivity index (χ4v) is 5.50. The molecule has 0 bridgehead atoms. The fourth-order valence-electron chi connectivity index (χ4n) is 3.86. The summed E-state index contributed by atoms with van der Waals surface area (Å²) < 4.78 is 27.6. The van der Waals surface area contributed by atoms with Gasteiger partial charge in [-0.15, -0.1) is 0 Å². The van der Waals surface area contributed by atoms with Crippen molar-refractivity contribution in [2.45, 2.75) is 38.5 Å². The molecule has 0 aromatic heterocycles. The highest BCUT2D eigenvalue weighted by Gasteiger charge is 2.35. The number of rotatable bonds is 6. The monoisotopic (exact) mass is 380 g/mol. The first-order valence-corrected chi connectivity index (χ1v) is 10.9. The largest absolute Gasteiger partial charge is 0.396 e. The van der Waals surface area contributed by atoms with Crippen molar-refractivity contribution in [1.29, 1.82) is 0 Å². The number of nitrogens with one attached hydrogen (secondary N) is 1. The predicted octanol–water partition coefficient (Wildman–Crippen LogP) is 1.71. The lowest BCUT2D eigenvalue weighted by molar-refractivity contribution is -0.126. The van der Waals surface area contributed by atoms with Gasteiger partial charge in [0.2, 0.25) is 15.9 Å². The lowest BCUT2D eigenvalue weighted by Gasteiger charge is -2.33. The van der Waals surface area contributed by atoms with Crippen LogP contribution in [0.4, 0.5) is 0 Å². The Morgan fingerprint density at radius 1 is 1.35 bits per heavy atom. The summed E-state index contributed by atoms with van der Waals surface area (Å²) in [7, 11) is -3.56. The van der Waals surface area contributed by atoms with Crippen molar-refractivity contribution in [2.75, 3.05) is 26.2 Å². The average molecular weight is 381 g/mol. The standard InChI is InChI=1S/C19H28N2O4S/c22-12-4-10-20-19(23)17-7-3-11-21(14-17)26(24,25)18-9-8-15-5-1-2-6-16(15)13-18/h2,6,9,13,15,17,22H,1,3-5,7-8,10-12,14H2,(H,20,23). The molecule has 1 saturated heterocycles. The van der Waals surface area contributed by atoms with Crippen molar-refractivity contribution < 1.29 is 18.3 Å². The number of aliphatic hydroxyl groups is 1. The zero-order chi connectivity index (χ0) is 18.6. The molecule has 0 aromatic rings. The van der Waals surface area contributed by atoms with E-state index in [1.165, 1.54) is 4.31 Å². The third-order valence-electron chi connectivity index (χ3n) is 5.40. The number of carbonyl (C=O) groups excluding carboxylic acids is 1. The van der Waals surface area contributed by atoms with Crippen LogP contribution in [-0.4, -0.2) is 50.0 Å². The molecule has 0 radical (unpaired) electrons. The van der Waals surface area contributed by atoms with E-state index in [4.69, 9.17) is 5.11 Å². The summed E-state index contributed by atoms with van der Waals surface area (Å²) in [5.74, 6) is -0.00801. The molecule has 26 heavy (non-hydrogen) atoms. The van der Waals surface area contributed by atoms with Gasteiger partial charge in [-0.2, -0.15) is 4.31 Å². The second kappa shape index (κ2) is 8.50. The van der Waals surface area contributed by atoms with Crippen LogP contribution in [0.3, 0.4) is 0 Å². The van der Waals surface area contributed by atoms with Crippen LogP contribution in [0.15, 0.2) is 34.8 Å². The molecule has 2 atom stereocenters. The van der Waals surface area contributed by atoms with E-state index in [-0.39, 0.29) is 25.0 Å². The van der Waals surface area contributed by atoms with Gasteiger partial charge in [0.05, 0.1) is 10.8 Å². The molecule has 1 aliphatic heterocycles. The molecule has 2 aliphatic carbocycles. The Labute approximate surface area is 155 Å². The van der Waals surface area contributed by atoms with Gasteiger partial charge in [0, 0.05) is 26.2 Å². The van der Waals surface area contributed by atoms with Crippen LogP contribution in [0, 0.1) is 11.8 Å². The lowest BCUT2D eigenvalue weighted by atomic mass is 9.84. The van der Waals surface area contributed by atoms with Crippen molar-refractivity contribution >= 4 is 15.9 Å². The highest BCUT2D eigenvalue weighted by atomic mass is 32.2. The first-order chi connectivity index (χ1) is 12.5. The molecule has 1 heterocycles. The summed E-state index contributed by atoms with van der Waals surface area (Å²) in [6.07, 6.45) is 12.6. The molecule has 7 heteroatoms. The highest BCUT2D eigenvalue weighted by molar-refractivity contribution is 7.93. The van der Waals surface area contributed by atoms with Gasteiger partial charge < -0.3 is 10.4 Å². The van der Waals surface area contributed by atoms with Crippen LogP contribution >= 0.6 is 0 Å². The second-order valence-electron chi connectivity index (χ2n) is 7.23. The molecule has 1 amide bonds. The summed E-state index contributed by atoms with van der Waals surface area (Å²) in [5.41, 5.74) is 1.10. The van der Waals surface area contributed by atoms with Crippen molar-refractivity contribution in [1.82, 2.24) is 9.62 Å².